The Morgan fingerprint density at radius 2 is 1.72 bits per heavy atom. The summed E-state index contributed by atoms with van der Waals surface area (Å²) in [5.41, 5.74) is 3.37. The maximum Gasteiger partial charge on any atom is 0.257 e. The molecule has 6 heteroatoms. The van der Waals surface area contributed by atoms with E-state index in [0.29, 0.717) is 27.0 Å². The largest absolute Gasteiger partial charge is 0.352 e. The van der Waals surface area contributed by atoms with E-state index in [9.17, 15) is 4.79 Å². The molecule has 2 aromatic carbocycles. The number of aryl methyl sites for hydroxylation is 1. The molecule has 0 aliphatic carbocycles. The standard InChI is InChI=1S/C19H15Cl2N3O/c1-12-5-2-3-8-17(12)24-19(25)13-9-14(11-22-10-13)23-18-15(20)6-4-7-16(18)21/h2-11,23H,1H3,(H,24,25). The van der Waals surface area contributed by atoms with Gasteiger partial charge in [-0.15, -0.1) is 0 Å². The van der Waals surface area contributed by atoms with Crippen LogP contribution in [-0.4, -0.2) is 10.9 Å². The van der Waals surface area contributed by atoms with Crippen molar-refractivity contribution in [2.75, 3.05) is 10.6 Å². The number of rotatable bonds is 4. The van der Waals surface area contributed by atoms with Gasteiger partial charge in [0.25, 0.3) is 5.91 Å². The quantitative estimate of drug-likeness (QED) is 0.618. The highest BCUT2D eigenvalue weighted by atomic mass is 35.5. The van der Waals surface area contributed by atoms with Crippen molar-refractivity contribution in [3.8, 4) is 0 Å². The number of benzene rings is 2. The van der Waals surface area contributed by atoms with Crippen LogP contribution in [0.2, 0.25) is 10.0 Å². The van der Waals surface area contributed by atoms with E-state index in [-0.39, 0.29) is 5.91 Å². The number of anilines is 3. The van der Waals surface area contributed by atoms with Gasteiger partial charge in [0, 0.05) is 11.9 Å². The number of halogens is 2. The Bertz CT molecular complexity index is 908. The maximum absolute atomic E-state index is 12.5. The first-order valence-corrected chi connectivity index (χ1v) is 8.33. The topological polar surface area (TPSA) is 54.0 Å². The van der Waals surface area contributed by atoms with Gasteiger partial charge >= 0.3 is 0 Å². The Morgan fingerprint density at radius 1 is 1.00 bits per heavy atom. The molecule has 1 aromatic heterocycles. The van der Waals surface area contributed by atoms with Crippen LogP contribution in [0.4, 0.5) is 17.1 Å². The molecule has 0 saturated heterocycles. The minimum Gasteiger partial charge on any atom is -0.352 e. The molecule has 25 heavy (non-hydrogen) atoms. The van der Waals surface area contributed by atoms with E-state index < -0.39 is 0 Å². The third-order valence-electron chi connectivity index (χ3n) is 3.63. The Kier molecular flexibility index (Phi) is 5.22. The number of carbonyl (C=O) groups is 1. The van der Waals surface area contributed by atoms with Gasteiger partial charge in [0.05, 0.1) is 33.2 Å². The average molecular weight is 372 g/mol. The predicted octanol–water partition coefficient (Wildman–Crippen LogP) is 5.69. The second-order valence-electron chi connectivity index (χ2n) is 5.45. The molecule has 3 aromatic rings. The smallest absolute Gasteiger partial charge is 0.257 e. The molecule has 0 saturated carbocycles. The third kappa shape index (κ3) is 4.10. The van der Waals surface area contributed by atoms with Crippen LogP contribution in [0.5, 0.6) is 0 Å². The predicted molar refractivity (Wildman–Crippen MR) is 103 cm³/mol. The molecule has 0 unspecified atom stereocenters. The lowest BCUT2D eigenvalue weighted by Crippen LogP contribution is -2.13. The van der Waals surface area contributed by atoms with Gasteiger partial charge in [-0.2, -0.15) is 0 Å². The Labute approximate surface area is 155 Å². The van der Waals surface area contributed by atoms with Crippen LogP contribution < -0.4 is 10.6 Å². The fourth-order valence-electron chi connectivity index (χ4n) is 2.30. The fraction of sp³-hybridized carbons (Fsp3) is 0.0526. The van der Waals surface area contributed by atoms with Crippen LogP contribution in [-0.2, 0) is 0 Å². The molecular weight excluding hydrogens is 357 g/mol. The van der Waals surface area contributed by atoms with E-state index >= 15 is 0 Å². The maximum atomic E-state index is 12.5. The molecular formula is C19H15Cl2N3O. The number of amides is 1. The summed E-state index contributed by atoms with van der Waals surface area (Å²) in [6, 6.07) is 14.5. The highest BCUT2D eigenvalue weighted by molar-refractivity contribution is 6.39. The number of aromatic nitrogens is 1. The lowest BCUT2D eigenvalue weighted by atomic mass is 10.2. The molecule has 0 bridgehead atoms. The van der Waals surface area contributed by atoms with E-state index in [2.05, 4.69) is 15.6 Å². The van der Waals surface area contributed by atoms with Crippen LogP contribution in [0, 0.1) is 6.92 Å². The molecule has 4 nitrogen and oxygen atoms in total. The summed E-state index contributed by atoms with van der Waals surface area (Å²) in [5, 5.41) is 6.96. The molecule has 1 heterocycles. The van der Waals surface area contributed by atoms with Crippen LogP contribution >= 0.6 is 23.2 Å². The number of hydrogen-bond acceptors (Lipinski definition) is 3. The van der Waals surface area contributed by atoms with Crippen molar-refractivity contribution >= 4 is 46.2 Å². The fourth-order valence-corrected chi connectivity index (χ4v) is 2.79. The van der Waals surface area contributed by atoms with Gasteiger partial charge in [-0.3, -0.25) is 9.78 Å². The second-order valence-corrected chi connectivity index (χ2v) is 6.27. The lowest BCUT2D eigenvalue weighted by molar-refractivity contribution is 0.102. The number of nitrogens with zero attached hydrogens (tertiary/aromatic N) is 1. The zero-order valence-corrected chi connectivity index (χ0v) is 14.9. The number of nitrogens with one attached hydrogen (secondary N) is 2. The minimum absolute atomic E-state index is 0.240. The van der Waals surface area contributed by atoms with E-state index in [4.69, 9.17) is 23.2 Å². The molecule has 0 aliphatic rings. The average Bonchev–Trinajstić information content (AvgIpc) is 2.60. The molecule has 126 valence electrons. The highest BCUT2D eigenvalue weighted by Crippen LogP contribution is 2.32. The number of hydrogen-bond donors (Lipinski definition) is 2. The Morgan fingerprint density at radius 3 is 2.44 bits per heavy atom. The van der Waals surface area contributed by atoms with Gasteiger partial charge in [0.1, 0.15) is 0 Å². The molecule has 3 rings (SSSR count). The van der Waals surface area contributed by atoms with Crippen LogP contribution in [0.15, 0.2) is 60.9 Å². The summed E-state index contributed by atoms with van der Waals surface area (Å²) in [6.07, 6.45) is 3.11. The number of para-hydroxylation sites is 2. The van der Waals surface area contributed by atoms with E-state index in [1.165, 1.54) is 6.20 Å². The van der Waals surface area contributed by atoms with Gasteiger partial charge in [-0.1, -0.05) is 47.5 Å². The molecule has 2 N–H and O–H groups in total. The van der Waals surface area contributed by atoms with Crippen molar-refractivity contribution < 1.29 is 4.79 Å². The van der Waals surface area contributed by atoms with Crippen molar-refractivity contribution in [1.29, 1.82) is 0 Å². The van der Waals surface area contributed by atoms with Gasteiger partial charge in [-0.25, -0.2) is 0 Å². The lowest BCUT2D eigenvalue weighted by Gasteiger charge is -2.12. The first kappa shape index (κ1) is 17.3. The van der Waals surface area contributed by atoms with Gasteiger partial charge < -0.3 is 10.6 Å². The van der Waals surface area contributed by atoms with E-state index in [1.807, 2.05) is 31.2 Å². The van der Waals surface area contributed by atoms with Crippen molar-refractivity contribution in [2.24, 2.45) is 0 Å². The summed E-state index contributed by atoms with van der Waals surface area (Å²) in [7, 11) is 0. The van der Waals surface area contributed by atoms with Crippen molar-refractivity contribution in [1.82, 2.24) is 4.98 Å². The number of pyridine rings is 1. The third-order valence-corrected chi connectivity index (χ3v) is 4.26. The molecule has 0 spiro atoms. The normalized spacial score (nSPS) is 10.4. The van der Waals surface area contributed by atoms with Crippen LogP contribution in [0.3, 0.4) is 0 Å². The van der Waals surface area contributed by atoms with E-state index in [0.717, 1.165) is 11.3 Å². The first-order chi connectivity index (χ1) is 12.0. The zero-order valence-electron chi connectivity index (χ0n) is 13.4. The second kappa shape index (κ2) is 7.55. The molecule has 0 atom stereocenters. The zero-order chi connectivity index (χ0) is 17.8. The van der Waals surface area contributed by atoms with Crippen molar-refractivity contribution in [2.45, 2.75) is 6.92 Å². The SMILES string of the molecule is Cc1ccccc1NC(=O)c1cncc(Nc2c(Cl)cccc2Cl)c1. The highest BCUT2D eigenvalue weighted by Gasteiger charge is 2.11. The summed E-state index contributed by atoms with van der Waals surface area (Å²) < 4.78 is 0. The van der Waals surface area contributed by atoms with E-state index in [1.54, 1.807) is 30.5 Å². The minimum atomic E-state index is -0.240. The summed E-state index contributed by atoms with van der Waals surface area (Å²) in [5.74, 6) is -0.240. The Hall–Kier alpha value is -2.56. The van der Waals surface area contributed by atoms with Crippen LogP contribution in [0.1, 0.15) is 15.9 Å². The monoisotopic (exact) mass is 371 g/mol. The van der Waals surface area contributed by atoms with Gasteiger partial charge in [-0.05, 0) is 36.8 Å². The number of carbonyl (C=O) groups excluding carboxylic acids is 1. The molecule has 0 fully saturated rings. The van der Waals surface area contributed by atoms with Crippen LogP contribution in [0.25, 0.3) is 0 Å². The Balaban J connectivity index is 1.82. The van der Waals surface area contributed by atoms with Crippen molar-refractivity contribution in [3.63, 3.8) is 0 Å². The summed E-state index contributed by atoms with van der Waals surface area (Å²) in [4.78, 5) is 16.6. The summed E-state index contributed by atoms with van der Waals surface area (Å²) >= 11 is 12.3. The molecule has 1 amide bonds. The van der Waals surface area contributed by atoms with Gasteiger partial charge in [0.15, 0.2) is 0 Å². The first-order valence-electron chi connectivity index (χ1n) is 7.57. The molecule has 0 aliphatic heterocycles. The van der Waals surface area contributed by atoms with Crippen molar-refractivity contribution in [3.05, 3.63) is 82.1 Å². The van der Waals surface area contributed by atoms with Gasteiger partial charge in [0.2, 0.25) is 0 Å². The molecule has 0 radical (unpaired) electrons. The summed E-state index contributed by atoms with van der Waals surface area (Å²) in [6.45, 7) is 1.94.